The van der Waals surface area contributed by atoms with Crippen molar-refractivity contribution in [1.29, 1.82) is 5.26 Å². The predicted molar refractivity (Wildman–Crippen MR) is 98.1 cm³/mol. The van der Waals surface area contributed by atoms with E-state index in [0.717, 1.165) is 49.1 Å². The molecule has 0 N–H and O–H groups in total. The third kappa shape index (κ3) is 4.35. The van der Waals surface area contributed by atoms with E-state index in [1.807, 2.05) is 30.3 Å². The van der Waals surface area contributed by atoms with Gasteiger partial charge >= 0.3 is 0 Å². The normalized spacial score (nSPS) is 15.6. The summed E-state index contributed by atoms with van der Waals surface area (Å²) in [6, 6.07) is 13.7. The molecule has 1 aromatic carbocycles. The zero-order chi connectivity index (χ0) is 16.8. The van der Waals surface area contributed by atoms with E-state index in [4.69, 9.17) is 16.9 Å². The van der Waals surface area contributed by atoms with Crippen LogP contribution in [0, 0.1) is 11.3 Å². The van der Waals surface area contributed by atoms with Crippen LogP contribution in [0.1, 0.15) is 11.1 Å². The van der Waals surface area contributed by atoms with Gasteiger partial charge in [0.05, 0.1) is 5.56 Å². The number of hydrogen-bond donors (Lipinski definition) is 0. The monoisotopic (exact) mass is 338 g/mol. The predicted octanol–water partition coefficient (Wildman–Crippen LogP) is 3.44. The van der Waals surface area contributed by atoms with E-state index in [9.17, 15) is 0 Å². The van der Waals surface area contributed by atoms with Crippen molar-refractivity contribution in [3.05, 3.63) is 64.8 Å². The molecule has 1 aliphatic heterocycles. The highest BCUT2D eigenvalue weighted by Crippen LogP contribution is 2.15. The van der Waals surface area contributed by atoms with Gasteiger partial charge in [0.15, 0.2) is 0 Å². The first-order valence-electron chi connectivity index (χ1n) is 8.00. The maximum Gasteiger partial charge on any atom is 0.128 e. The summed E-state index contributed by atoms with van der Waals surface area (Å²) in [6.07, 6.45) is 5.93. The van der Waals surface area contributed by atoms with Crippen molar-refractivity contribution in [2.24, 2.45) is 0 Å². The highest BCUT2D eigenvalue weighted by atomic mass is 35.5. The fourth-order valence-corrected chi connectivity index (χ4v) is 2.95. The Bertz CT molecular complexity index is 741. The van der Waals surface area contributed by atoms with Gasteiger partial charge in [0.25, 0.3) is 0 Å². The molecule has 1 saturated heterocycles. The van der Waals surface area contributed by atoms with Crippen LogP contribution < -0.4 is 4.90 Å². The standard InChI is InChI=1S/C19H19ClN4/c20-18-5-1-3-16(13-18)4-2-8-23-9-11-24(12-10-23)19-7-6-17(14-21)15-22-19/h1-7,13,15H,8-12H2. The highest BCUT2D eigenvalue weighted by molar-refractivity contribution is 6.30. The second-order valence-corrected chi connectivity index (χ2v) is 6.20. The van der Waals surface area contributed by atoms with Crippen LogP contribution in [0.4, 0.5) is 5.82 Å². The molecule has 0 bridgehead atoms. The molecule has 1 aromatic heterocycles. The van der Waals surface area contributed by atoms with Gasteiger partial charge in [-0.25, -0.2) is 4.98 Å². The number of nitrogens with zero attached hydrogens (tertiary/aromatic N) is 4. The molecular weight excluding hydrogens is 320 g/mol. The van der Waals surface area contributed by atoms with Crippen molar-refractivity contribution in [2.45, 2.75) is 0 Å². The molecule has 1 aliphatic rings. The fourth-order valence-electron chi connectivity index (χ4n) is 2.75. The fraction of sp³-hybridized carbons (Fsp3) is 0.263. The molecule has 0 radical (unpaired) electrons. The van der Waals surface area contributed by atoms with Gasteiger partial charge in [-0.2, -0.15) is 5.26 Å². The molecule has 0 atom stereocenters. The molecule has 3 rings (SSSR count). The van der Waals surface area contributed by atoms with Crippen LogP contribution in [0.3, 0.4) is 0 Å². The Morgan fingerprint density at radius 2 is 2.00 bits per heavy atom. The third-order valence-electron chi connectivity index (χ3n) is 4.10. The number of rotatable bonds is 4. The van der Waals surface area contributed by atoms with Crippen LogP contribution in [-0.4, -0.2) is 42.6 Å². The van der Waals surface area contributed by atoms with E-state index >= 15 is 0 Å². The first-order valence-corrected chi connectivity index (χ1v) is 8.38. The number of aromatic nitrogens is 1. The summed E-state index contributed by atoms with van der Waals surface area (Å²) < 4.78 is 0. The SMILES string of the molecule is N#Cc1ccc(N2CCN(CC=Cc3cccc(Cl)c3)CC2)nc1. The molecule has 1 fully saturated rings. The second-order valence-electron chi connectivity index (χ2n) is 5.76. The van der Waals surface area contributed by atoms with E-state index in [0.29, 0.717) is 5.56 Å². The summed E-state index contributed by atoms with van der Waals surface area (Å²) >= 11 is 5.99. The van der Waals surface area contributed by atoms with E-state index in [2.05, 4.69) is 39.1 Å². The van der Waals surface area contributed by atoms with Crippen molar-refractivity contribution in [2.75, 3.05) is 37.6 Å². The zero-order valence-corrected chi connectivity index (χ0v) is 14.2. The zero-order valence-electron chi connectivity index (χ0n) is 13.4. The van der Waals surface area contributed by atoms with E-state index in [-0.39, 0.29) is 0 Å². The number of hydrogen-bond acceptors (Lipinski definition) is 4. The van der Waals surface area contributed by atoms with Crippen molar-refractivity contribution in [3.8, 4) is 6.07 Å². The van der Waals surface area contributed by atoms with Crippen molar-refractivity contribution in [1.82, 2.24) is 9.88 Å². The lowest BCUT2D eigenvalue weighted by atomic mass is 10.2. The van der Waals surface area contributed by atoms with Gasteiger partial charge in [-0.1, -0.05) is 35.9 Å². The molecule has 0 saturated carbocycles. The lowest BCUT2D eigenvalue weighted by Gasteiger charge is -2.34. The minimum atomic E-state index is 0.600. The minimum absolute atomic E-state index is 0.600. The smallest absolute Gasteiger partial charge is 0.128 e. The second kappa shape index (κ2) is 7.96. The first-order chi connectivity index (χ1) is 11.7. The van der Waals surface area contributed by atoms with Crippen LogP contribution in [-0.2, 0) is 0 Å². The minimum Gasteiger partial charge on any atom is -0.354 e. The lowest BCUT2D eigenvalue weighted by Crippen LogP contribution is -2.46. The summed E-state index contributed by atoms with van der Waals surface area (Å²) in [5.74, 6) is 0.947. The Hall–Kier alpha value is -2.35. The largest absolute Gasteiger partial charge is 0.354 e. The summed E-state index contributed by atoms with van der Waals surface area (Å²) in [5.41, 5.74) is 1.73. The lowest BCUT2D eigenvalue weighted by molar-refractivity contribution is 0.283. The molecule has 24 heavy (non-hydrogen) atoms. The maximum atomic E-state index is 8.83. The van der Waals surface area contributed by atoms with E-state index < -0.39 is 0 Å². The number of piperazine rings is 1. The summed E-state index contributed by atoms with van der Waals surface area (Å²) in [6.45, 7) is 4.83. The van der Waals surface area contributed by atoms with Crippen LogP contribution in [0.2, 0.25) is 5.02 Å². The van der Waals surface area contributed by atoms with Crippen molar-refractivity contribution < 1.29 is 0 Å². The number of pyridine rings is 1. The average molecular weight is 339 g/mol. The summed E-state index contributed by atoms with van der Waals surface area (Å²) in [7, 11) is 0. The van der Waals surface area contributed by atoms with Gasteiger partial charge in [0, 0.05) is 43.9 Å². The Kier molecular flexibility index (Phi) is 5.47. The number of nitriles is 1. The molecule has 0 aliphatic carbocycles. The number of halogens is 1. The van der Waals surface area contributed by atoms with Crippen molar-refractivity contribution in [3.63, 3.8) is 0 Å². The Labute approximate surface area is 147 Å². The molecular formula is C19H19ClN4. The summed E-state index contributed by atoms with van der Waals surface area (Å²) in [4.78, 5) is 9.05. The van der Waals surface area contributed by atoms with Crippen LogP contribution >= 0.6 is 11.6 Å². The molecule has 0 spiro atoms. The topological polar surface area (TPSA) is 43.2 Å². The third-order valence-corrected chi connectivity index (χ3v) is 4.33. The van der Waals surface area contributed by atoms with E-state index in [1.54, 1.807) is 6.20 Å². The Morgan fingerprint density at radius 3 is 2.67 bits per heavy atom. The van der Waals surface area contributed by atoms with Crippen LogP contribution in [0.15, 0.2) is 48.7 Å². The number of anilines is 1. The molecule has 5 heteroatoms. The van der Waals surface area contributed by atoms with Crippen LogP contribution in [0.5, 0.6) is 0 Å². The van der Waals surface area contributed by atoms with E-state index in [1.165, 1.54) is 0 Å². The van der Waals surface area contributed by atoms with Gasteiger partial charge in [0.1, 0.15) is 11.9 Å². The van der Waals surface area contributed by atoms with Gasteiger partial charge in [-0.05, 0) is 29.8 Å². The molecule has 122 valence electrons. The Morgan fingerprint density at radius 1 is 1.17 bits per heavy atom. The quantitative estimate of drug-likeness (QED) is 0.856. The number of benzene rings is 1. The highest BCUT2D eigenvalue weighted by Gasteiger charge is 2.16. The average Bonchev–Trinajstić information content (AvgIpc) is 2.63. The Balaban J connectivity index is 1.49. The first kappa shape index (κ1) is 16.5. The molecule has 2 heterocycles. The molecule has 2 aromatic rings. The van der Waals surface area contributed by atoms with Gasteiger partial charge in [0.2, 0.25) is 0 Å². The molecule has 0 amide bonds. The molecule has 4 nitrogen and oxygen atoms in total. The van der Waals surface area contributed by atoms with Crippen molar-refractivity contribution >= 4 is 23.5 Å². The van der Waals surface area contributed by atoms with Gasteiger partial charge < -0.3 is 4.90 Å². The van der Waals surface area contributed by atoms with Gasteiger partial charge in [-0.3, -0.25) is 4.90 Å². The molecule has 0 unspecified atom stereocenters. The van der Waals surface area contributed by atoms with Gasteiger partial charge in [-0.15, -0.1) is 0 Å². The summed E-state index contributed by atoms with van der Waals surface area (Å²) in [5, 5.41) is 9.59. The van der Waals surface area contributed by atoms with Crippen LogP contribution in [0.25, 0.3) is 6.08 Å². The maximum absolute atomic E-state index is 8.83.